The molecule has 0 fully saturated rings. The molecule has 1 heterocycles. The van der Waals surface area contributed by atoms with Crippen molar-refractivity contribution in [2.45, 2.75) is 39.2 Å². The van der Waals surface area contributed by atoms with E-state index in [9.17, 15) is 4.79 Å². The average Bonchev–Trinajstić information content (AvgIpc) is 2.59. The maximum atomic E-state index is 11.8. The van der Waals surface area contributed by atoms with Crippen LogP contribution in [0.25, 0.3) is 0 Å². The number of rotatable bonds is 3. The van der Waals surface area contributed by atoms with Crippen molar-refractivity contribution < 1.29 is 4.79 Å². The summed E-state index contributed by atoms with van der Waals surface area (Å²) in [6.45, 7) is 6.00. The summed E-state index contributed by atoms with van der Waals surface area (Å²) in [5.74, 6) is 0.357. The number of carbonyl (C=O) groups is 1. The van der Waals surface area contributed by atoms with Gasteiger partial charge in [-0.25, -0.2) is 0 Å². The van der Waals surface area contributed by atoms with Crippen molar-refractivity contribution in [1.82, 2.24) is 4.90 Å². The third-order valence-electron chi connectivity index (χ3n) is 3.82. The lowest BCUT2D eigenvalue weighted by Crippen LogP contribution is -2.40. The van der Waals surface area contributed by atoms with Gasteiger partial charge in [0.15, 0.2) is 0 Å². The molecule has 1 aliphatic rings. The first kappa shape index (κ1) is 12.3. The van der Waals surface area contributed by atoms with Gasteiger partial charge in [0.1, 0.15) is 5.78 Å². The molecule has 0 amide bonds. The molecular weight excluding hydrogens is 210 g/mol. The minimum atomic E-state index is 0.0781. The molecule has 2 nitrogen and oxygen atoms in total. The maximum absolute atomic E-state index is 11.8. The van der Waals surface area contributed by atoms with E-state index in [2.05, 4.69) is 29.2 Å². The largest absolute Gasteiger partial charge is 0.298 e. The molecule has 0 saturated carbocycles. The van der Waals surface area contributed by atoms with Crippen molar-refractivity contribution >= 4 is 5.78 Å². The Hall–Kier alpha value is -1.15. The maximum Gasteiger partial charge on any atom is 0.149 e. The van der Waals surface area contributed by atoms with Gasteiger partial charge in [-0.1, -0.05) is 31.2 Å². The Morgan fingerprint density at radius 1 is 1.24 bits per heavy atom. The van der Waals surface area contributed by atoms with E-state index in [1.165, 1.54) is 11.1 Å². The Labute approximate surface area is 104 Å². The van der Waals surface area contributed by atoms with Gasteiger partial charge in [0.25, 0.3) is 0 Å². The predicted octanol–water partition coefficient (Wildman–Crippen LogP) is 2.45. The number of ketones is 1. The second kappa shape index (κ2) is 5.46. The van der Waals surface area contributed by atoms with Gasteiger partial charge < -0.3 is 0 Å². The summed E-state index contributed by atoms with van der Waals surface area (Å²) < 4.78 is 0. The Morgan fingerprint density at radius 2 is 1.76 bits per heavy atom. The molecule has 0 bridgehead atoms. The Bertz CT molecular complexity index is 373. The van der Waals surface area contributed by atoms with Crippen LogP contribution in [0, 0.1) is 0 Å². The van der Waals surface area contributed by atoms with E-state index >= 15 is 0 Å². The summed E-state index contributed by atoms with van der Waals surface area (Å²) in [6, 6.07) is 8.72. The van der Waals surface area contributed by atoms with Gasteiger partial charge in [0.2, 0.25) is 0 Å². The zero-order chi connectivity index (χ0) is 12.3. The number of benzene rings is 1. The van der Waals surface area contributed by atoms with Crippen molar-refractivity contribution in [3.05, 3.63) is 35.4 Å². The van der Waals surface area contributed by atoms with E-state index in [4.69, 9.17) is 0 Å². The smallest absolute Gasteiger partial charge is 0.149 e. The lowest BCUT2D eigenvalue weighted by atomic mass is 10.0. The van der Waals surface area contributed by atoms with Crippen LogP contribution in [-0.2, 0) is 17.6 Å². The van der Waals surface area contributed by atoms with Crippen LogP contribution in [0.4, 0.5) is 0 Å². The fraction of sp³-hybridized carbons (Fsp3) is 0.533. The molecule has 0 radical (unpaired) electrons. The van der Waals surface area contributed by atoms with Gasteiger partial charge in [0, 0.05) is 19.5 Å². The van der Waals surface area contributed by atoms with E-state index in [1.54, 1.807) is 0 Å². The molecule has 0 saturated heterocycles. The van der Waals surface area contributed by atoms with Crippen LogP contribution in [0.2, 0.25) is 0 Å². The summed E-state index contributed by atoms with van der Waals surface area (Å²) in [6.07, 6.45) is 2.78. The van der Waals surface area contributed by atoms with Gasteiger partial charge in [-0.05, 0) is 30.9 Å². The number of fused-ring (bicyclic) bond motifs is 1. The van der Waals surface area contributed by atoms with E-state index in [0.717, 1.165) is 25.9 Å². The summed E-state index contributed by atoms with van der Waals surface area (Å²) in [5.41, 5.74) is 2.90. The van der Waals surface area contributed by atoms with Crippen LogP contribution in [0.3, 0.4) is 0 Å². The number of nitrogens with zero attached hydrogens (tertiary/aromatic N) is 1. The molecule has 1 aromatic rings. The second-order valence-corrected chi connectivity index (χ2v) is 4.80. The van der Waals surface area contributed by atoms with Gasteiger partial charge in [0.05, 0.1) is 6.04 Å². The van der Waals surface area contributed by atoms with E-state index in [-0.39, 0.29) is 6.04 Å². The normalized spacial score (nSPS) is 18.2. The van der Waals surface area contributed by atoms with Crippen LogP contribution >= 0.6 is 0 Å². The summed E-state index contributed by atoms with van der Waals surface area (Å²) in [7, 11) is 0. The fourth-order valence-corrected chi connectivity index (χ4v) is 2.57. The van der Waals surface area contributed by atoms with Crippen LogP contribution in [0.15, 0.2) is 24.3 Å². The highest BCUT2D eigenvalue weighted by molar-refractivity contribution is 5.83. The third kappa shape index (κ3) is 2.75. The van der Waals surface area contributed by atoms with Crippen molar-refractivity contribution in [1.29, 1.82) is 0 Å². The molecule has 92 valence electrons. The van der Waals surface area contributed by atoms with Crippen LogP contribution in [0.1, 0.15) is 31.4 Å². The Morgan fingerprint density at radius 3 is 2.24 bits per heavy atom. The lowest BCUT2D eigenvalue weighted by Gasteiger charge is -2.26. The van der Waals surface area contributed by atoms with Crippen molar-refractivity contribution in [3.8, 4) is 0 Å². The Balaban J connectivity index is 2.06. The number of hydrogen-bond donors (Lipinski definition) is 0. The lowest BCUT2D eigenvalue weighted by molar-refractivity contribution is -0.123. The highest BCUT2D eigenvalue weighted by atomic mass is 16.1. The molecule has 2 heteroatoms. The van der Waals surface area contributed by atoms with E-state index in [1.807, 2.05) is 13.8 Å². The Kier molecular flexibility index (Phi) is 3.95. The molecule has 0 spiro atoms. The van der Waals surface area contributed by atoms with E-state index < -0.39 is 0 Å². The first-order valence-electron chi connectivity index (χ1n) is 6.56. The molecule has 17 heavy (non-hydrogen) atoms. The molecule has 0 aromatic heterocycles. The minimum absolute atomic E-state index is 0.0781. The molecule has 1 atom stereocenters. The summed E-state index contributed by atoms with van der Waals surface area (Å²) in [4.78, 5) is 14.1. The summed E-state index contributed by atoms with van der Waals surface area (Å²) >= 11 is 0. The standard InChI is InChI=1S/C15H21NO/c1-3-15(17)12(2)16-10-8-13-6-4-5-7-14(13)9-11-16/h4-7,12H,3,8-11H2,1-2H3. The van der Waals surface area contributed by atoms with Crippen LogP contribution < -0.4 is 0 Å². The second-order valence-electron chi connectivity index (χ2n) is 4.80. The topological polar surface area (TPSA) is 20.3 Å². The molecule has 1 unspecified atom stereocenters. The van der Waals surface area contributed by atoms with Crippen molar-refractivity contribution in [2.24, 2.45) is 0 Å². The third-order valence-corrected chi connectivity index (χ3v) is 3.82. The monoisotopic (exact) mass is 231 g/mol. The zero-order valence-electron chi connectivity index (χ0n) is 10.8. The zero-order valence-corrected chi connectivity index (χ0v) is 10.8. The van der Waals surface area contributed by atoms with Gasteiger partial charge in [-0.2, -0.15) is 0 Å². The summed E-state index contributed by atoms with van der Waals surface area (Å²) in [5, 5.41) is 0. The molecule has 1 aliphatic heterocycles. The minimum Gasteiger partial charge on any atom is -0.298 e. The van der Waals surface area contributed by atoms with Crippen molar-refractivity contribution in [2.75, 3.05) is 13.1 Å². The van der Waals surface area contributed by atoms with Crippen molar-refractivity contribution in [3.63, 3.8) is 0 Å². The van der Waals surface area contributed by atoms with Gasteiger partial charge in [-0.3, -0.25) is 9.69 Å². The first-order chi connectivity index (χ1) is 8.22. The van der Waals surface area contributed by atoms with Crippen LogP contribution in [0.5, 0.6) is 0 Å². The highest BCUT2D eigenvalue weighted by Crippen LogP contribution is 2.17. The first-order valence-corrected chi connectivity index (χ1v) is 6.56. The number of hydrogen-bond acceptors (Lipinski definition) is 2. The fourth-order valence-electron chi connectivity index (χ4n) is 2.57. The number of carbonyl (C=O) groups excluding carboxylic acids is 1. The van der Waals surface area contributed by atoms with E-state index in [0.29, 0.717) is 12.2 Å². The molecule has 0 N–H and O–H groups in total. The predicted molar refractivity (Wildman–Crippen MR) is 70.2 cm³/mol. The number of Topliss-reactive ketones (excluding diaryl/α,β-unsaturated/α-hetero) is 1. The molecule has 0 aliphatic carbocycles. The van der Waals surface area contributed by atoms with Gasteiger partial charge >= 0.3 is 0 Å². The molecule has 2 rings (SSSR count). The molecular formula is C15H21NO. The molecule has 1 aromatic carbocycles. The SMILES string of the molecule is CCC(=O)C(C)N1CCc2ccccc2CC1. The highest BCUT2D eigenvalue weighted by Gasteiger charge is 2.21. The van der Waals surface area contributed by atoms with Crippen LogP contribution in [-0.4, -0.2) is 29.8 Å². The van der Waals surface area contributed by atoms with Gasteiger partial charge in [-0.15, -0.1) is 0 Å². The average molecular weight is 231 g/mol. The quantitative estimate of drug-likeness (QED) is 0.796.